The summed E-state index contributed by atoms with van der Waals surface area (Å²) in [5, 5.41) is 13.6. The van der Waals surface area contributed by atoms with Gasteiger partial charge in [-0.3, -0.25) is 0 Å². The fourth-order valence-corrected chi connectivity index (χ4v) is 2.24. The van der Waals surface area contributed by atoms with Gasteiger partial charge < -0.3 is 19.4 Å². The van der Waals surface area contributed by atoms with Crippen LogP contribution in [0.1, 0.15) is 20.7 Å². The topological polar surface area (TPSA) is 94.4 Å². The van der Waals surface area contributed by atoms with E-state index in [0.717, 1.165) is 6.21 Å². The summed E-state index contributed by atoms with van der Waals surface area (Å²) in [6, 6.07) is 16.0. The molecule has 0 amide bonds. The number of hydrogen-bond donors (Lipinski definition) is 1. The molecule has 148 valence electrons. The summed E-state index contributed by atoms with van der Waals surface area (Å²) in [5.41, 5.74) is 0.446. The van der Waals surface area contributed by atoms with Crippen molar-refractivity contribution >= 4 is 18.2 Å². The Hall–Kier alpha value is -3.26. The number of carbonyl (C=O) groups excluding carboxylic acids is 2. The van der Waals surface area contributed by atoms with Gasteiger partial charge in [0.25, 0.3) is 0 Å². The molecule has 0 heterocycles. The van der Waals surface area contributed by atoms with Gasteiger partial charge in [-0.15, -0.1) is 0 Å². The van der Waals surface area contributed by atoms with Crippen molar-refractivity contribution in [2.75, 3.05) is 13.7 Å². The number of rotatable bonds is 9. The number of hydrogen-bond acceptors (Lipinski definition) is 7. The molecule has 0 fully saturated rings. The molecule has 0 bridgehead atoms. The van der Waals surface area contributed by atoms with Crippen LogP contribution in [0.25, 0.3) is 0 Å². The first-order chi connectivity index (χ1) is 13.5. The van der Waals surface area contributed by atoms with Crippen LogP contribution < -0.4 is 0 Å². The molecule has 0 radical (unpaired) electrons. The normalized spacial score (nSPS) is 14.1. The van der Waals surface area contributed by atoms with Gasteiger partial charge in [-0.1, -0.05) is 41.6 Å². The fourth-order valence-electron chi connectivity index (χ4n) is 2.24. The van der Waals surface area contributed by atoms with Crippen LogP contribution >= 0.6 is 0 Å². The highest BCUT2D eigenvalue weighted by Crippen LogP contribution is 2.13. The van der Waals surface area contributed by atoms with Crippen LogP contribution in [0, 0.1) is 0 Å². The molecule has 0 aliphatic heterocycles. The van der Waals surface area contributed by atoms with Crippen molar-refractivity contribution in [3.63, 3.8) is 0 Å². The SMILES string of the molecule is CO/N=C\[C@@H](F)[C@H](OC(=O)c1ccccc1)[C@H](O)COC(=O)c1ccccc1. The number of oxime groups is 1. The van der Waals surface area contributed by atoms with Gasteiger partial charge >= 0.3 is 11.9 Å². The summed E-state index contributed by atoms with van der Waals surface area (Å²) >= 11 is 0. The van der Waals surface area contributed by atoms with E-state index in [1.807, 2.05) is 0 Å². The van der Waals surface area contributed by atoms with Crippen molar-refractivity contribution in [2.24, 2.45) is 5.16 Å². The molecule has 3 atom stereocenters. The van der Waals surface area contributed by atoms with E-state index in [0.29, 0.717) is 0 Å². The number of aliphatic hydroxyl groups is 1. The third-order valence-electron chi connectivity index (χ3n) is 3.65. The number of aliphatic hydroxyl groups excluding tert-OH is 1. The Labute approximate surface area is 161 Å². The first-order valence-corrected chi connectivity index (χ1v) is 8.40. The number of alkyl halides is 1. The van der Waals surface area contributed by atoms with Crippen molar-refractivity contribution in [2.45, 2.75) is 18.4 Å². The molecule has 0 saturated heterocycles. The van der Waals surface area contributed by atoms with Gasteiger partial charge in [-0.2, -0.15) is 0 Å². The molecule has 7 nitrogen and oxygen atoms in total. The van der Waals surface area contributed by atoms with Gasteiger partial charge in [0.05, 0.1) is 17.3 Å². The summed E-state index contributed by atoms with van der Waals surface area (Å²) in [6.45, 7) is -0.582. The highest BCUT2D eigenvalue weighted by Gasteiger charge is 2.33. The van der Waals surface area contributed by atoms with Crippen LogP contribution in [0.2, 0.25) is 0 Å². The van der Waals surface area contributed by atoms with Crippen molar-refractivity contribution in [3.8, 4) is 0 Å². The molecule has 0 aromatic heterocycles. The van der Waals surface area contributed by atoms with E-state index in [9.17, 15) is 19.1 Å². The van der Waals surface area contributed by atoms with E-state index in [2.05, 4.69) is 9.99 Å². The van der Waals surface area contributed by atoms with Crippen molar-refractivity contribution in [1.82, 2.24) is 0 Å². The van der Waals surface area contributed by atoms with Crippen LogP contribution in [0.4, 0.5) is 4.39 Å². The standard InChI is InChI=1S/C20H20FNO6/c1-26-22-12-16(21)18(28-20(25)15-10-6-3-7-11-15)17(23)13-27-19(24)14-8-4-2-5-9-14/h2-12,16-18,23H,13H2,1H3/b22-12-/t16-,17-,18+/m1/s1. The average molecular weight is 389 g/mol. The van der Waals surface area contributed by atoms with Gasteiger partial charge in [0, 0.05) is 0 Å². The lowest BCUT2D eigenvalue weighted by Crippen LogP contribution is -2.43. The molecule has 2 rings (SSSR count). The van der Waals surface area contributed by atoms with Crippen molar-refractivity contribution < 1.29 is 33.4 Å². The van der Waals surface area contributed by atoms with Gasteiger partial charge in [0.15, 0.2) is 12.3 Å². The van der Waals surface area contributed by atoms with Crippen LogP contribution in [-0.2, 0) is 14.3 Å². The predicted octanol–water partition coefficient (Wildman–Crippen LogP) is 2.40. The second-order valence-corrected chi connectivity index (χ2v) is 5.65. The summed E-state index contributed by atoms with van der Waals surface area (Å²) in [7, 11) is 1.21. The van der Waals surface area contributed by atoms with Crippen molar-refractivity contribution in [3.05, 3.63) is 71.8 Å². The zero-order valence-electron chi connectivity index (χ0n) is 15.1. The minimum atomic E-state index is -1.99. The highest BCUT2D eigenvalue weighted by molar-refractivity contribution is 5.90. The molecule has 8 heteroatoms. The lowest BCUT2D eigenvalue weighted by molar-refractivity contribution is -0.0594. The molecule has 0 aliphatic carbocycles. The van der Waals surface area contributed by atoms with E-state index in [1.165, 1.54) is 31.4 Å². The van der Waals surface area contributed by atoms with Crippen LogP contribution in [-0.4, -0.2) is 55.4 Å². The molecule has 28 heavy (non-hydrogen) atoms. The molecule has 0 spiro atoms. The lowest BCUT2D eigenvalue weighted by Gasteiger charge is -2.24. The summed E-state index contributed by atoms with van der Waals surface area (Å²) in [5.74, 6) is -1.54. The Morgan fingerprint density at radius 1 is 1.04 bits per heavy atom. The van der Waals surface area contributed by atoms with E-state index in [-0.39, 0.29) is 11.1 Å². The van der Waals surface area contributed by atoms with Gasteiger partial charge in [-0.25, -0.2) is 14.0 Å². The van der Waals surface area contributed by atoms with Crippen LogP contribution in [0.3, 0.4) is 0 Å². The zero-order valence-corrected chi connectivity index (χ0v) is 15.1. The monoisotopic (exact) mass is 389 g/mol. The molecule has 1 N–H and O–H groups in total. The largest absolute Gasteiger partial charge is 0.459 e. The minimum absolute atomic E-state index is 0.178. The maximum Gasteiger partial charge on any atom is 0.338 e. The van der Waals surface area contributed by atoms with E-state index < -0.39 is 36.9 Å². The Balaban J connectivity index is 2.05. The Morgan fingerprint density at radius 3 is 2.11 bits per heavy atom. The molecular formula is C20H20FNO6. The predicted molar refractivity (Wildman–Crippen MR) is 98.8 cm³/mol. The summed E-state index contributed by atoms with van der Waals surface area (Å²) in [6.07, 6.45) is -4.53. The van der Waals surface area contributed by atoms with Crippen LogP contribution in [0.15, 0.2) is 65.8 Å². The maximum absolute atomic E-state index is 14.4. The molecular weight excluding hydrogens is 369 g/mol. The summed E-state index contributed by atoms with van der Waals surface area (Å²) < 4.78 is 24.5. The number of benzene rings is 2. The second-order valence-electron chi connectivity index (χ2n) is 5.65. The summed E-state index contributed by atoms with van der Waals surface area (Å²) in [4.78, 5) is 28.6. The second kappa shape index (κ2) is 10.8. The molecule has 0 saturated carbocycles. The number of nitrogens with zero attached hydrogens (tertiary/aromatic N) is 1. The Morgan fingerprint density at radius 2 is 1.57 bits per heavy atom. The van der Waals surface area contributed by atoms with Crippen molar-refractivity contribution in [1.29, 1.82) is 0 Å². The zero-order chi connectivity index (χ0) is 20.4. The average Bonchev–Trinajstić information content (AvgIpc) is 2.74. The van der Waals surface area contributed by atoms with Gasteiger partial charge in [-0.05, 0) is 24.3 Å². The first kappa shape index (κ1) is 21.0. The van der Waals surface area contributed by atoms with Crippen LogP contribution in [0.5, 0.6) is 0 Å². The van der Waals surface area contributed by atoms with E-state index >= 15 is 0 Å². The highest BCUT2D eigenvalue weighted by atomic mass is 19.1. The molecule has 2 aromatic rings. The Bertz CT molecular complexity index is 784. The molecule has 2 aromatic carbocycles. The number of halogens is 1. The van der Waals surface area contributed by atoms with Gasteiger partial charge in [0.2, 0.25) is 0 Å². The fraction of sp³-hybridized carbons (Fsp3) is 0.250. The number of ether oxygens (including phenoxy) is 2. The number of esters is 2. The quantitative estimate of drug-likeness (QED) is 0.402. The smallest absolute Gasteiger partial charge is 0.338 e. The molecule has 0 unspecified atom stereocenters. The first-order valence-electron chi connectivity index (χ1n) is 8.40. The number of carbonyl (C=O) groups is 2. The molecule has 0 aliphatic rings. The lowest BCUT2D eigenvalue weighted by atomic mass is 10.1. The third-order valence-corrected chi connectivity index (χ3v) is 3.65. The minimum Gasteiger partial charge on any atom is -0.459 e. The maximum atomic E-state index is 14.4. The van der Waals surface area contributed by atoms with E-state index in [1.54, 1.807) is 36.4 Å². The van der Waals surface area contributed by atoms with Gasteiger partial charge in [0.1, 0.15) is 19.8 Å². The Kier molecular flexibility index (Phi) is 8.11. The third kappa shape index (κ3) is 6.17. The van der Waals surface area contributed by atoms with E-state index in [4.69, 9.17) is 9.47 Å².